The lowest BCUT2D eigenvalue weighted by molar-refractivity contribution is 0.186. The summed E-state index contributed by atoms with van der Waals surface area (Å²) in [4.78, 5) is 6.66. The van der Waals surface area contributed by atoms with Crippen molar-refractivity contribution in [2.45, 2.75) is 26.5 Å². The Morgan fingerprint density at radius 2 is 1.77 bits per heavy atom. The molecule has 0 aliphatic heterocycles. The van der Waals surface area contributed by atoms with Crippen LogP contribution in [0.25, 0.3) is 0 Å². The summed E-state index contributed by atoms with van der Waals surface area (Å²) in [6.45, 7) is 5.66. The van der Waals surface area contributed by atoms with Gasteiger partial charge < -0.3 is 29.5 Å². The van der Waals surface area contributed by atoms with E-state index in [1.807, 2.05) is 62.2 Å². The summed E-state index contributed by atoms with van der Waals surface area (Å²) < 4.78 is 16.0. The summed E-state index contributed by atoms with van der Waals surface area (Å²) >= 11 is 0. The smallest absolute Gasteiger partial charge is 0.194 e. The number of methoxy groups -OCH3 is 3. The first kappa shape index (κ1) is 26.8. The van der Waals surface area contributed by atoms with E-state index < -0.39 is 6.10 Å². The highest BCUT2D eigenvalue weighted by molar-refractivity contribution is 14.0. The molecule has 0 spiro atoms. The van der Waals surface area contributed by atoms with Gasteiger partial charge in [-0.3, -0.25) is 4.99 Å². The Hall–Kier alpha value is -2.20. The van der Waals surface area contributed by atoms with E-state index in [1.54, 1.807) is 21.3 Å². The van der Waals surface area contributed by atoms with Gasteiger partial charge in [-0.1, -0.05) is 12.1 Å². The van der Waals surface area contributed by atoms with Crippen LogP contribution in [0.1, 0.15) is 29.7 Å². The molecule has 7 nitrogen and oxygen atoms in total. The maximum atomic E-state index is 10.6. The number of aliphatic imine (C=N–C) groups is 1. The molecule has 0 bridgehead atoms. The highest BCUT2D eigenvalue weighted by Gasteiger charge is 2.14. The van der Waals surface area contributed by atoms with E-state index in [0.717, 1.165) is 23.2 Å². The second-order valence-corrected chi connectivity index (χ2v) is 6.98. The molecular weight excluding hydrogens is 509 g/mol. The summed E-state index contributed by atoms with van der Waals surface area (Å²) in [6, 6.07) is 11.4. The predicted molar refractivity (Wildman–Crippen MR) is 135 cm³/mol. The Balaban J connectivity index is 0.00000480. The number of rotatable bonds is 9. The molecule has 0 aliphatic rings. The SMILES string of the molecule is CCNC(=NCC(O)c1cccc(OC)c1)N(C)Cc1cc(OC)c(OC)cc1C.I. The van der Waals surface area contributed by atoms with Crippen LogP contribution in [0.15, 0.2) is 41.4 Å². The molecule has 2 N–H and O–H groups in total. The number of nitrogens with zero attached hydrogens (tertiary/aromatic N) is 2. The van der Waals surface area contributed by atoms with Crippen molar-refractivity contribution >= 4 is 29.9 Å². The van der Waals surface area contributed by atoms with Crippen molar-refractivity contribution in [1.29, 1.82) is 0 Å². The highest BCUT2D eigenvalue weighted by atomic mass is 127. The van der Waals surface area contributed by atoms with Gasteiger partial charge in [-0.25, -0.2) is 0 Å². The maximum Gasteiger partial charge on any atom is 0.194 e. The molecule has 172 valence electrons. The van der Waals surface area contributed by atoms with E-state index in [4.69, 9.17) is 14.2 Å². The van der Waals surface area contributed by atoms with Gasteiger partial charge in [0.2, 0.25) is 0 Å². The average Bonchev–Trinajstić information content (AvgIpc) is 2.77. The quantitative estimate of drug-likeness (QED) is 0.285. The zero-order valence-electron chi connectivity index (χ0n) is 19.1. The van der Waals surface area contributed by atoms with Crippen molar-refractivity contribution in [3.8, 4) is 17.2 Å². The number of hydrogen-bond donors (Lipinski definition) is 2. The van der Waals surface area contributed by atoms with Gasteiger partial charge in [0.1, 0.15) is 5.75 Å². The molecule has 0 amide bonds. The molecule has 0 fully saturated rings. The van der Waals surface area contributed by atoms with Crippen LogP contribution in [-0.4, -0.2) is 57.4 Å². The van der Waals surface area contributed by atoms with E-state index in [2.05, 4.69) is 10.3 Å². The number of halogens is 1. The summed E-state index contributed by atoms with van der Waals surface area (Å²) in [5, 5.41) is 13.8. The predicted octanol–water partition coefficient (Wildman–Crippen LogP) is 3.77. The lowest BCUT2D eigenvalue weighted by Crippen LogP contribution is -2.39. The molecule has 2 rings (SSSR count). The monoisotopic (exact) mass is 543 g/mol. The largest absolute Gasteiger partial charge is 0.497 e. The molecule has 8 heteroatoms. The van der Waals surface area contributed by atoms with Gasteiger partial charge in [0.05, 0.1) is 34.0 Å². The van der Waals surface area contributed by atoms with Gasteiger partial charge in [-0.05, 0) is 54.8 Å². The molecule has 1 atom stereocenters. The number of aliphatic hydroxyl groups is 1. The molecule has 0 aromatic heterocycles. The number of nitrogens with one attached hydrogen (secondary N) is 1. The normalized spacial score (nSPS) is 11.9. The molecule has 2 aromatic carbocycles. The Morgan fingerprint density at radius 3 is 2.39 bits per heavy atom. The summed E-state index contributed by atoms with van der Waals surface area (Å²) in [5.74, 6) is 2.84. The number of aliphatic hydroxyl groups excluding tert-OH is 1. The number of benzene rings is 2. The minimum absolute atomic E-state index is 0. The van der Waals surface area contributed by atoms with Crippen LogP contribution in [0.5, 0.6) is 17.2 Å². The molecule has 1 unspecified atom stereocenters. The van der Waals surface area contributed by atoms with E-state index in [9.17, 15) is 5.11 Å². The Kier molecular flexibility index (Phi) is 11.5. The van der Waals surface area contributed by atoms with Crippen LogP contribution in [0.2, 0.25) is 0 Å². The summed E-state index contributed by atoms with van der Waals surface area (Å²) in [7, 11) is 6.84. The lowest BCUT2D eigenvalue weighted by Gasteiger charge is -2.24. The van der Waals surface area contributed by atoms with Gasteiger partial charge in [0.25, 0.3) is 0 Å². The second-order valence-electron chi connectivity index (χ2n) is 6.98. The van der Waals surface area contributed by atoms with Crippen LogP contribution >= 0.6 is 24.0 Å². The van der Waals surface area contributed by atoms with E-state index in [-0.39, 0.29) is 30.5 Å². The van der Waals surface area contributed by atoms with Gasteiger partial charge in [-0.2, -0.15) is 0 Å². The van der Waals surface area contributed by atoms with E-state index in [0.29, 0.717) is 29.8 Å². The van der Waals surface area contributed by atoms with E-state index in [1.165, 1.54) is 0 Å². The maximum absolute atomic E-state index is 10.6. The van der Waals surface area contributed by atoms with Gasteiger partial charge in [0.15, 0.2) is 17.5 Å². The Morgan fingerprint density at radius 1 is 1.10 bits per heavy atom. The van der Waals surface area contributed by atoms with Crippen LogP contribution in [0, 0.1) is 6.92 Å². The Bertz CT molecular complexity index is 861. The van der Waals surface area contributed by atoms with Crippen molar-refractivity contribution < 1.29 is 19.3 Å². The van der Waals surface area contributed by atoms with Crippen molar-refractivity contribution in [1.82, 2.24) is 10.2 Å². The van der Waals surface area contributed by atoms with Crippen LogP contribution in [0.3, 0.4) is 0 Å². The van der Waals surface area contributed by atoms with Crippen molar-refractivity contribution in [3.63, 3.8) is 0 Å². The fraction of sp³-hybridized carbons (Fsp3) is 0.435. The molecule has 31 heavy (non-hydrogen) atoms. The summed E-state index contributed by atoms with van der Waals surface area (Å²) in [6.07, 6.45) is -0.718. The van der Waals surface area contributed by atoms with Crippen LogP contribution in [0.4, 0.5) is 0 Å². The molecule has 2 aromatic rings. The Labute approximate surface area is 202 Å². The number of ether oxygens (including phenoxy) is 3. The van der Waals surface area contributed by atoms with E-state index >= 15 is 0 Å². The molecular formula is C23H34IN3O4. The van der Waals surface area contributed by atoms with Crippen LogP contribution < -0.4 is 19.5 Å². The van der Waals surface area contributed by atoms with Crippen molar-refractivity contribution in [2.24, 2.45) is 4.99 Å². The first-order valence-electron chi connectivity index (χ1n) is 9.96. The average molecular weight is 543 g/mol. The standard InChI is InChI=1S/C23H33N3O4.HI/c1-7-24-23(25-14-20(27)17-9-8-10-19(12-17)28-4)26(3)15-18-13-22(30-6)21(29-5)11-16(18)2;/h8-13,20,27H,7,14-15H2,1-6H3,(H,24,25);1H. The topological polar surface area (TPSA) is 75.6 Å². The molecule has 0 heterocycles. The lowest BCUT2D eigenvalue weighted by atomic mass is 10.1. The fourth-order valence-corrected chi connectivity index (χ4v) is 3.12. The van der Waals surface area contributed by atoms with Crippen LogP contribution in [-0.2, 0) is 6.54 Å². The third-order valence-electron chi connectivity index (χ3n) is 4.84. The van der Waals surface area contributed by atoms with Crippen molar-refractivity contribution in [3.05, 3.63) is 53.1 Å². The second kappa shape index (κ2) is 13.3. The third-order valence-corrected chi connectivity index (χ3v) is 4.84. The first-order chi connectivity index (χ1) is 14.4. The molecule has 0 saturated carbocycles. The third kappa shape index (κ3) is 7.46. The number of aryl methyl sites for hydroxylation is 1. The minimum Gasteiger partial charge on any atom is -0.497 e. The molecule has 0 saturated heterocycles. The van der Waals surface area contributed by atoms with Gasteiger partial charge in [0, 0.05) is 20.1 Å². The highest BCUT2D eigenvalue weighted by Crippen LogP contribution is 2.30. The zero-order valence-corrected chi connectivity index (χ0v) is 21.5. The van der Waals surface area contributed by atoms with Gasteiger partial charge in [-0.15, -0.1) is 24.0 Å². The fourth-order valence-electron chi connectivity index (χ4n) is 3.12. The minimum atomic E-state index is -0.718. The van der Waals surface area contributed by atoms with Crippen molar-refractivity contribution in [2.75, 3.05) is 41.5 Å². The van der Waals surface area contributed by atoms with Gasteiger partial charge >= 0.3 is 0 Å². The molecule has 0 radical (unpaired) electrons. The summed E-state index contributed by atoms with van der Waals surface area (Å²) in [5.41, 5.74) is 2.98. The first-order valence-corrected chi connectivity index (χ1v) is 9.96. The zero-order chi connectivity index (χ0) is 22.1. The number of guanidine groups is 1. The molecule has 0 aliphatic carbocycles. The number of hydrogen-bond acceptors (Lipinski definition) is 5.